The zero-order valence-corrected chi connectivity index (χ0v) is 15.1. The van der Waals surface area contributed by atoms with E-state index in [0.29, 0.717) is 13.2 Å². The Morgan fingerprint density at radius 1 is 1.23 bits per heavy atom. The van der Waals surface area contributed by atoms with Gasteiger partial charge >= 0.3 is 5.97 Å². The molecule has 6 nitrogen and oxygen atoms in total. The number of hydrogen-bond donors (Lipinski definition) is 0. The number of rotatable bonds is 6. The number of aromatic nitrogens is 3. The van der Waals surface area contributed by atoms with Gasteiger partial charge in [0.25, 0.3) is 0 Å². The SMILES string of the molecule is CCOC(=O)C=C(C)c1nn(Cc2ccc(OC)cc2)c2ncccc12. The number of carbonyl (C=O) groups is 1. The van der Waals surface area contributed by atoms with Gasteiger partial charge in [0, 0.05) is 17.7 Å². The number of esters is 1. The molecule has 1 aromatic carbocycles. The Balaban J connectivity index is 1.97. The highest BCUT2D eigenvalue weighted by atomic mass is 16.5. The Morgan fingerprint density at radius 2 is 2.00 bits per heavy atom. The number of fused-ring (bicyclic) bond motifs is 1. The van der Waals surface area contributed by atoms with E-state index in [4.69, 9.17) is 9.47 Å². The largest absolute Gasteiger partial charge is 0.497 e. The molecule has 0 aliphatic heterocycles. The number of carbonyl (C=O) groups excluding carboxylic acids is 1. The number of methoxy groups -OCH3 is 1. The Kier molecular flexibility index (Phi) is 5.31. The Morgan fingerprint density at radius 3 is 2.69 bits per heavy atom. The predicted octanol–water partition coefficient (Wildman–Crippen LogP) is 3.45. The van der Waals surface area contributed by atoms with Crippen LogP contribution in [0.4, 0.5) is 0 Å². The van der Waals surface area contributed by atoms with Crippen LogP contribution in [0.25, 0.3) is 16.6 Å². The van der Waals surface area contributed by atoms with Crippen molar-refractivity contribution in [2.75, 3.05) is 13.7 Å². The zero-order valence-electron chi connectivity index (χ0n) is 15.1. The number of allylic oxidation sites excluding steroid dienone is 1. The number of hydrogen-bond acceptors (Lipinski definition) is 5. The van der Waals surface area contributed by atoms with E-state index in [1.54, 1.807) is 20.2 Å². The van der Waals surface area contributed by atoms with E-state index in [1.807, 2.05) is 48.0 Å². The molecule has 6 heteroatoms. The highest BCUT2D eigenvalue weighted by Gasteiger charge is 2.14. The Labute approximate surface area is 152 Å². The maximum Gasteiger partial charge on any atom is 0.331 e. The molecule has 0 saturated heterocycles. The van der Waals surface area contributed by atoms with E-state index >= 15 is 0 Å². The second-order valence-corrected chi connectivity index (χ2v) is 5.81. The number of nitrogens with zero attached hydrogens (tertiary/aromatic N) is 3. The van der Waals surface area contributed by atoms with Gasteiger partial charge in [-0.25, -0.2) is 14.5 Å². The minimum Gasteiger partial charge on any atom is -0.497 e. The summed E-state index contributed by atoms with van der Waals surface area (Å²) in [5.41, 5.74) is 3.33. The van der Waals surface area contributed by atoms with E-state index in [2.05, 4.69) is 10.1 Å². The van der Waals surface area contributed by atoms with Crippen molar-refractivity contribution in [1.82, 2.24) is 14.8 Å². The fourth-order valence-corrected chi connectivity index (χ4v) is 2.74. The van der Waals surface area contributed by atoms with Crippen LogP contribution in [0.2, 0.25) is 0 Å². The predicted molar refractivity (Wildman–Crippen MR) is 99.9 cm³/mol. The topological polar surface area (TPSA) is 66.2 Å². The molecule has 2 heterocycles. The van der Waals surface area contributed by atoms with Crippen molar-refractivity contribution >= 4 is 22.6 Å². The smallest absolute Gasteiger partial charge is 0.331 e. The molecule has 0 bridgehead atoms. The average Bonchev–Trinajstić information content (AvgIpc) is 3.01. The summed E-state index contributed by atoms with van der Waals surface area (Å²) in [5.74, 6) is 0.442. The van der Waals surface area contributed by atoms with Gasteiger partial charge in [-0.05, 0) is 49.2 Å². The van der Waals surface area contributed by atoms with Crippen molar-refractivity contribution in [3.05, 3.63) is 59.9 Å². The first-order valence-electron chi connectivity index (χ1n) is 8.42. The Bertz CT molecular complexity index is 943. The van der Waals surface area contributed by atoms with Crippen LogP contribution in [0, 0.1) is 0 Å². The molecule has 0 unspecified atom stereocenters. The molecule has 26 heavy (non-hydrogen) atoms. The fraction of sp³-hybridized carbons (Fsp3) is 0.250. The zero-order chi connectivity index (χ0) is 18.5. The molecule has 134 valence electrons. The summed E-state index contributed by atoms with van der Waals surface area (Å²) in [5, 5.41) is 5.59. The summed E-state index contributed by atoms with van der Waals surface area (Å²) in [6.45, 7) is 4.55. The first-order valence-corrected chi connectivity index (χ1v) is 8.42. The molecule has 0 amide bonds. The van der Waals surface area contributed by atoms with Crippen molar-refractivity contribution in [3.63, 3.8) is 0 Å². The van der Waals surface area contributed by atoms with Gasteiger partial charge in [-0.15, -0.1) is 0 Å². The van der Waals surface area contributed by atoms with Crippen LogP contribution in [-0.4, -0.2) is 34.5 Å². The standard InChI is InChI=1S/C20H21N3O3/c1-4-26-18(24)12-14(2)19-17-6-5-11-21-20(17)23(22-19)13-15-7-9-16(25-3)10-8-15/h5-12H,4,13H2,1-3H3. The van der Waals surface area contributed by atoms with Gasteiger partial charge in [0.05, 0.1) is 26.0 Å². The van der Waals surface area contributed by atoms with Gasteiger partial charge in [-0.2, -0.15) is 5.10 Å². The van der Waals surface area contributed by atoms with Gasteiger partial charge in [0.15, 0.2) is 5.65 Å². The van der Waals surface area contributed by atoms with E-state index in [-0.39, 0.29) is 5.97 Å². The number of ether oxygens (including phenoxy) is 2. The lowest BCUT2D eigenvalue weighted by Crippen LogP contribution is -2.03. The lowest BCUT2D eigenvalue weighted by molar-refractivity contribution is -0.137. The minimum absolute atomic E-state index is 0.344. The lowest BCUT2D eigenvalue weighted by atomic mass is 10.1. The average molecular weight is 351 g/mol. The molecule has 0 atom stereocenters. The van der Waals surface area contributed by atoms with Gasteiger partial charge in [0.2, 0.25) is 0 Å². The summed E-state index contributed by atoms with van der Waals surface area (Å²) >= 11 is 0. The summed E-state index contributed by atoms with van der Waals surface area (Å²) in [6, 6.07) is 11.6. The van der Waals surface area contributed by atoms with Crippen LogP contribution in [0.3, 0.4) is 0 Å². The maximum absolute atomic E-state index is 11.8. The molecule has 0 saturated carbocycles. The third-order valence-electron chi connectivity index (χ3n) is 3.99. The summed E-state index contributed by atoms with van der Waals surface area (Å²) < 4.78 is 12.0. The highest BCUT2D eigenvalue weighted by Crippen LogP contribution is 2.24. The van der Waals surface area contributed by atoms with Crippen molar-refractivity contribution in [3.8, 4) is 5.75 Å². The van der Waals surface area contributed by atoms with Crippen molar-refractivity contribution < 1.29 is 14.3 Å². The highest BCUT2D eigenvalue weighted by molar-refractivity contribution is 5.96. The second kappa shape index (κ2) is 7.82. The lowest BCUT2D eigenvalue weighted by Gasteiger charge is -2.05. The third-order valence-corrected chi connectivity index (χ3v) is 3.99. The molecule has 0 N–H and O–H groups in total. The number of pyridine rings is 1. The van der Waals surface area contributed by atoms with Crippen LogP contribution in [0.1, 0.15) is 25.1 Å². The van der Waals surface area contributed by atoms with Crippen LogP contribution in [0.15, 0.2) is 48.7 Å². The van der Waals surface area contributed by atoms with Crippen molar-refractivity contribution in [1.29, 1.82) is 0 Å². The molecule has 0 aliphatic rings. The first kappa shape index (κ1) is 17.7. The van der Waals surface area contributed by atoms with Crippen LogP contribution < -0.4 is 4.74 Å². The maximum atomic E-state index is 11.8. The van der Waals surface area contributed by atoms with Crippen LogP contribution in [0.5, 0.6) is 5.75 Å². The molecule has 3 aromatic rings. The van der Waals surface area contributed by atoms with Gasteiger partial charge in [-0.1, -0.05) is 12.1 Å². The van der Waals surface area contributed by atoms with Crippen LogP contribution in [-0.2, 0) is 16.1 Å². The van der Waals surface area contributed by atoms with E-state index in [9.17, 15) is 4.79 Å². The van der Waals surface area contributed by atoms with Gasteiger partial charge < -0.3 is 9.47 Å². The van der Waals surface area contributed by atoms with Gasteiger partial charge in [0.1, 0.15) is 5.75 Å². The molecule has 2 aromatic heterocycles. The van der Waals surface area contributed by atoms with Gasteiger partial charge in [-0.3, -0.25) is 0 Å². The molecular formula is C20H21N3O3. The third kappa shape index (κ3) is 3.74. The van der Waals surface area contributed by atoms with Crippen molar-refractivity contribution in [2.45, 2.75) is 20.4 Å². The fourth-order valence-electron chi connectivity index (χ4n) is 2.74. The second-order valence-electron chi connectivity index (χ2n) is 5.81. The quantitative estimate of drug-likeness (QED) is 0.503. The normalized spacial score (nSPS) is 11.6. The molecular weight excluding hydrogens is 330 g/mol. The molecule has 0 aliphatic carbocycles. The molecule has 0 radical (unpaired) electrons. The molecule has 0 spiro atoms. The summed E-state index contributed by atoms with van der Waals surface area (Å²) in [4.78, 5) is 16.2. The van der Waals surface area contributed by atoms with E-state index in [0.717, 1.165) is 33.6 Å². The number of benzene rings is 1. The monoisotopic (exact) mass is 351 g/mol. The van der Waals surface area contributed by atoms with Crippen molar-refractivity contribution in [2.24, 2.45) is 0 Å². The minimum atomic E-state index is -0.369. The van der Waals surface area contributed by atoms with E-state index in [1.165, 1.54) is 6.08 Å². The molecule has 3 rings (SSSR count). The summed E-state index contributed by atoms with van der Waals surface area (Å²) in [6.07, 6.45) is 3.21. The Hall–Kier alpha value is -3.15. The van der Waals surface area contributed by atoms with Crippen LogP contribution >= 0.6 is 0 Å². The van der Waals surface area contributed by atoms with E-state index < -0.39 is 0 Å². The summed E-state index contributed by atoms with van der Waals surface area (Å²) in [7, 11) is 1.64. The molecule has 0 fully saturated rings. The first-order chi connectivity index (χ1) is 12.6.